The van der Waals surface area contributed by atoms with E-state index in [-0.39, 0.29) is 0 Å². The molecule has 0 aromatic heterocycles. The quantitative estimate of drug-likeness (QED) is 0.659. The minimum atomic E-state index is 1.11. The Kier molecular flexibility index (Phi) is 3.64. The standard InChI is InChI=1S/C11H22N2/c1-5-10-11(6-2)13(8-4)9-12(10)7-3/h5-9H2,1-4H3. The predicted molar refractivity (Wildman–Crippen MR) is 57.2 cm³/mol. The van der Waals surface area contributed by atoms with Gasteiger partial charge in [-0.05, 0) is 26.7 Å². The monoisotopic (exact) mass is 182 g/mol. The average molecular weight is 182 g/mol. The van der Waals surface area contributed by atoms with Crippen LogP contribution >= 0.6 is 0 Å². The summed E-state index contributed by atoms with van der Waals surface area (Å²) in [5.41, 5.74) is 3.12. The number of hydrogen-bond acceptors (Lipinski definition) is 2. The Balaban J connectivity index is 2.84. The van der Waals surface area contributed by atoms with E-state index in [4.69, 9.17) is 0 Å². The first-order valence-electron chi connectivity index (χ1n) is 5.50. The lowest BCUT2D eigenvalue weighted by Gasteiger charge is -2.21. The van der Waals surface area contributed by atoms with Crippen LogP contribution in [0.15, 0.2) is 11.4 Å². The van der Waals surface area contributed by atoms with Gasteiger partial charge in [-0.3, -0.25) is 0 Å². The second kappa shape index (κ2) is 4.54. The molecule has 0 N–H and O–H groups in total. The van der Waals surface area contributed by atoms with Gasteiger partial charge in [-0.2, -0.15) is 0 Å². The molecule has 0 spiro atoms. The highest BCUT2D eigenvalue weighted by Crippen LogP contribution is 2.27. The zero-order valence-electron chi connectivity index (χ0n) is 9.43. The molecule has 0 atom stereocenters. The molecule has 0 radical (unpaired) electrons. The van der Waals surface area contributed by atoms with Gasteiger partial charge in [0.1, 0.15) is 0 Å². The van der Waals surface area contributed by atoms with Gasteiger partial charge >= 0.3 is 0 Å². The summed E-state index contributed by atoms with van der Waals surface area (Å²) in [4.78, 5) is 4.98. The lowest BCUT2D eigenvalue weighted by molar-refractivity contribution is 0.258. The molecule has 0 bridgehead atoms. The summed E-state index contributed by atoms with van der Waals surface area (Å²) in [6.07, 6.45) is 2.35. The van der Waals surface area contributed by atoms with Crippen molar-refractivity contribution in [2.75, 3.05) is 19.8 Å². The van der Waals surface area contributed by atoms with Gasteiger partial charge in [-0.25, -0.2) is 0 Å². The summed E-state index contributed by atoms with van der Waals surface area (Å²) in [7, 11) is 0. The van der Waals surface area contributed by atoms with E-state index in [9.17, 15) is 0 Å². The zero-order valence-corrected chi connectivity index (χ0v) is 9.43. The van der Waals surface area contributed by atoms with Gasteiger partial charge in [0.05, 0.1) is 6.67 Å². The van der Waals surface area contributed by atoms with Gasteiger partial charge in [0.15, 0.2) is 0 Å². The van der Waals surface area contributed by atoms with Crippen LogP contribution in [0.5, 0.6) is 0 Å². The summed E-state index contributed by atoms with van der Waals surface area (Å²) >= 11 is 0. The van der Waals surface area contributed by atoms with Crippen LogP contribution in [-0.4, -0.2) is 29.6 Å². The number of hydrogen-bond donors (Lipinski definition) is 0. The Morgan fingerprint density at radius 1 is 0.846 bits per heavy atom. The summed E-state index contributed by atoms with van der Waals surface area (Å²) in [6.45, 7) is 12.4. The summed E-state index contributed by atoms with van der Waals surface area (Å²) in [6, 6.07) is 0. The Morgan fingerprint density at radius 2 is 1.23 bits per heavy atom. The molecule has 1 aliphatic heterocycles. The molecule has 2 heteroatoms. The summed E-state index contributed by atoms with van der Waals surface area (Å²) in [5.74, 6) is 0. The molecule has 0 unspecified atom stereocenters. The van der Waals surface area contributed by atoms with Gasteiger partial charge < -0.3 is 9.80 Å². The lowest BCUT2D eigenvalue weighted by Crippen LogP contribution is -2.27. The van der Waals surface area contributed by atoms with E-state index in [0.717, 1.165) is 19.8 Å². The number of nitrogens with zero attached hydrogens (tertiary/aromatic N) is 2. The van der Waals surface area contributed by atoms with Crippen LogP contribution in [0.1, 0.15) is 40.5 Å². The Hall–Kier alpha value is -0.660. The Bertz CT molecular complexity index is 176. The van der Waals surface area contributed by atoms with E-state index >= 15 is 0 Å². The van der Waals surface area contributed by atoms with Crippen molar-refractivity contribution in [2.45, 2.75) is 40.5 Å². The maximum Gasteiger partial charge on any atom is 0.0898 e. The molecule has 0 saturated heterocycles. The molecule has 1 aliphatic rings. The second-order valence-corrected chi connectivity index (χ2v) is 3.45. The molecular weight excluding hydrogens is 160 g/mol. The van der Waals surface area contributed by atoms with Gasteiger partial charge in [-0.15, -0.1) is 0 Å². The first-order valence-corrected chi connectivity index (χ1v) is 5.50. The van der Waals surface area contributed by atoms with Crippen molar-refractivity contribution < 1.29 is 0 Å². The summed E-state index contributed by atoms with van der Waals surface area (Å²) < 4.78 is 0. The van der Waals surface area contributed by atoms with Crippen LogP contribution in [0, 0.1) is 0 Å². The third kappa shape index (κ3) is 1.82. The normalized spacial score (nSPS) is 17.5. The second-order valence-electron chi connectivity index (χ2n) is 3.45. The van der Waals surface area contributed by atoms with Crippen LogP contribution in [0.3, 0.4) is 0 Å². The SMILES string of the molecule is CCC1=C(CC)N(CC)CN1CC. The van der Waals surface area contributed by atoms with E-state index in [1.165, 1.54) is 12.8 Å². The molecule has 0 aliphatic carbocycles. The van der Waals surface area contributed by atoms with Crippen molar-refractivity contribution >= 4 is 0 Å². The molecule has 2 nitrogen and oxygen atoms in total. The Labute approximate surface area is 82.2 Å². The molecule has 0 amide bonds. The van der Waals surface area contributed by atoms with Gasteiger partial charge in [0.25, 0.3) is 0 Å². The first-order chi connectivity index (χ1) is 6.28. The van der Waals surface area contributed by atoms with Gasteiger partial charge in [0.2, 0.25) is 0 Å². The number of rotatable bonds is 4. The van der Waals surface area contributed by atoms with E-state index in [1.54, 1.807) is 11.4 Å². The van der Waals surface area contributed by atoms with E-state index < -0.39 is 0 Å². The molecule has 76 valence electrons. The smallest absolute Gasteiger partial charge is 0.0898 e. The van der Waals surface area contributed by atoms with Crippen molar-refractivity contribution in [1.29, 1.82) is 0 Å². The molecule has 0 aromatic carbocycles. The fourth-order valence-electron chi connectivity index (χ4n) is 2.18. The van der Waals surface area contributed by atoms with Crippen LogP contribution in [0.2, 0.25) is 0 Å². The molecule has 1 rings (SSSR count). The zero-order chi connectivity index (χ0) is 9.84. The fourth-order valence-corrected chi connectivity index (χ4v) is 2.18. The van der Waals surface area contributed by atoms with Crippen LogP contribution < -0.4 is 0 Å². The minimum Gasteiger partial charge on any atom is -0.356 e. The molecule has 0 aromatic rings. The summed E-state index contributed by atoms with van der Waals surface area (Å²) in [5, 5.41) is 0. The van der Waals surface area contributed by atoms with Crippen LogP contribution in [-0.2, 0) is 0 Å². The molecular formula is C11H22N2. The van der Waals surface area contributed by atoms with Crippen molar-refractivity contribution in [3.05, 3.63) is 11.4 Å². The van der Waals surface area contributed by atoms with Crippen LogP contribution in [0.4, 0.5) is 0 Å². The average Bonchev–Trinajstić information content (AvgIpc) is 2.54. The van der Waals surface area contributed by atoms with Crippen molar-refractivity contribution in [3.63, 3.8) is 0 Å². The molecule has 0 fully saturated rings. The highest BCUT2D eigenvalue weighted by molar-refractivity contribution is 5.16. The molecule has 0 saturated carbocycles. The highest BCUT2D eigenvalue weighted by atomic mass is 15.4. The maximum absolute atomic E-state index is 2.49. The van der Waals surface area contributed by atoms with Crippen molar-refractivity contribution in [2.24, 2.45) is 0 Å². The fraction of sp³-hybridized carbons (Fsp3) is 0.818. The van der Waals surface area contributed by atoms with Gasteiger partial charge in [-0.1, -0.05) is 13.8 Å². The largest absolute Gasteiger partial charge is 0.356 e. The first kappa shape index (κ1) is 10.4. The van der Waals surface area contributed by atoms with Crippen molar-refractivity contribution in [3.8, 4) is 0 Å². The maximum atomic E-state index is 2.49. The highest BCUT2D eigenvalue weighted by Gasteiger charge is 2.23. The van der Waals surface area contributed by atoms with Crippen LogP contribution in [0.25, 0.3) is 0 Å². The van der Waals surface area contributed by atoms with E-state index in [0.29, 0.717) is 0 Å². The van der Waals surface area contributed by atoms with Crippen molar-refractivity contribution in [1.82, 2.24) is 9.80 Å². The van der Waals surface area contributed by atoms with Gasteiger partial charge in [0, 0.05) is 24.5 Å². The predicted octanol–water partition coefficient (Wildman–Crippen LogP) is 2.63. The lowest BCUT2D eigenvalue weighted by atomic mass is 10.2. The topological polar surface area (TPSA) is 6.48 Å². The molecule has 13 heavy (non-hydrogen) atoms. The molecule has 1 heterocycles. The minimum absolute atomic E-state index is 1.11. The van der Waals surface area contributed by atoms with E-state index in [2.05, 4.69) is 37.5 Å². The Morgan fingerprint density at radius 3 is 1.46 bits per heavy atom. The third-order valence-electron chi connectivity index (χ3n) is 2.87. The third-order valence-corrected chi connectivity index (χ3v) is 2.87. The van der Waals surface area contributed by atoms with E-state index in [1.807, 2.05) is 0 Å². The number of allylic oxidation sites excluding steroid dienone is 2.